The van der Waals surface area contributed by atoms with E-state index in [4.69, 9.17) is 19.8 Å². The van der Waals surface area contributed by atoms with Crippen LogP contribution in [0.15, 0.2) is 0 Å². The molecular formula is C12H22O9. The molecule has 0 aromatic heterocycles. The summed E-state index contributed by atoms with van der Waals surface area (Å²) < 4.78 is 4.67. The lowest BCUT2D eigenvalue weighted by Crippen LogP contribution is -2.04. The largest absolute Gasteiger partial charge is 0.481 e. The van der Waals surface area contributed by atoms with Crippen LogP contribution in [0.2, 0.25) is 0 Å². The molecule has 9 heteroatoms. The summed E-state index contributed by atoms with van der Waals surface area (Å²) in [5.41, 5.74) is 0. The molecule has 0 heterocycles. The number of ether oxygens (including phenoxy) is 1. The van der Waals surface area contributed by atoms with Crippen LogP contribution in [0.3, 0.4) is 0 Å². The second kappa shape index (κ2) is 17.8. The number of carboxylic acids is 2. The molecule has 0 radical (unpaired) electrons. The highest BCUT2D eigenvalue weighted by Crippen LogP contribution is 1.92. The van der Waals surface area contributed by atoms with E-state index in [0.29, 0.717) is 26.1 Å². The van der Waals surface area contributed by atoms with E-state index < -0.39 is 17.9 Å². The molecule has 0 aromatic carbocycles. The summed E-state index contributed by atoms with van der Waals surface area (Å²) in [5.74, 6) is -2.43. The van der Waals surface area contributed by atoms with E-state index in [0.717, 1.165) is 13.8 Å². The zero-order valence-electron chi connectivity index (χ0n) is 12.6. The number of carbonyl (C=O) groups is 4. The Bertz CT molecular complexity index is 274. The zero-order chi connectivity index (χ0) is 17.3. The van der Waals surface area contributed by atoms with Gasteiger partial charge in [-0.05, 0) is 12.8 Å². The first-order chi connectivity index (χ1) is 9.59. The Kier molecular flexibility index (Phi) is 20.3. The predicted molar refractivity (Wildman–Crippen MR) is 70.2 cm³/mol. The number of esters is 1. The lowest BCUT2D eigenvalue weighted by atomic mass is 10.3. The van der Waals surface area contributed by atoms with E-state index in [1.165, 1.54) is 13.8 Å². The molecular weight excluding hydrogens is 288 g/mol. The molecule has 21 heavy (non-hydrogen) atoms. The van der Waals surface area contributed by atoms with Crippen molar-refractivity contribution in [3.63, 3.8) is 0 Å². The van der Waals surface area contributed by atoms with E-state index in [-0.39, 0.29) is 5.97 Å². The maximum atomic E-state index is 10.3. The number of unbranched alkanes of at least 4 members (excludes halogenated alkanes) is 1. The minimum atomic E-state index is -0.833. The van der Waals surface area contributed by atoms with Gasteiger partial charge in [0.05, 0.1) is 13.2 Å². The molecule has 0 bridgehead atoms. The molecule has 0 rings (SSSR count). The Labute approximate surface area is 122 Å². The maximum Gasteiger partial charge on any atom is 0.339 e. The number of carboxylic acid groups (broad SMARTS) is 2. The quantitative estimate of drug-likeness (QED) is 0.318. The van der Waals surface area contributed by atoms with Crippen LogP contribution < -0.4 is 0 Å². The molecule has 0 fully saturated rings. The van der Waals surface area contributed by atoms with Crippen molar-refractivity contribution in [3.8, 4) is 0 Å². The van der Waals surface area contributed by atoms with Crippen molar-refractivity contribution >= 4 is 23.9 Å². The standard InChI is InChI=1S/C8H14O5.2C2H4O2/c1-7(9)11-5-3-4-6-12-13-8(2)10;2*1-2(3)4/h3-6H2,1-2H3;2*1H3,(H,3,4). The van der Waals surface area contributed by atoms with Gasteiger partial charge in [-0.25, -0.2) is 4.79 Å². The first kappa shape index (κ1) is 23.9. The van der Waals surface area contributed by atoms with E-state index >= 15 is 0 Å². The molecule has 0 aliphatic heterocycles. The smallest absolute Gasteiger partial charge is 0.339 e. The van der Waals surface area contributed by atoms with Crippen molar-refractivity contribution in [2.75, 3.05) is 13.2 Å². The fourth-order valence-electron chi connectivity index (χ4n) is 0.604. The van der Waals surface area contributed by atoms with Crippen LogP contribution in [0.25, 0.3) is 0 Å². The van der Waals surface area contributed by atoms with E-state index in [9.17, 15) is 9.59 Å². The van der Waals surface area contributed by atoms with Crippen LogP contribution in [-0.4, -0.2) is 47.3 Å². The average Bonchev–Trinajstić information content (AvgIpc) is 2.25. The first-order valence-electron chi connectivity index (χ1n) is 5.92. The molecule has 0 aliphatic rings. The van der Waals surface area contributed by atoms with Crippen LogP contribution in [0, 0.1) is 0 Å². The van der Waals surface area contributed by atoms with Crippen LogP contribution in [0.5, 0.6) is 0 Å². The molecule has 0 spiro atoms. The second-order valence-electron chi connectivity index (χ2n) is 3.48. The molecule has 0 saturated carbocycles. The van der Waals surface area contributed by atoms with Gasteiger partial charge >= 0.3 is 11.9 Å². The van der Waals surface area contributed by atoms with Gasteiger partial charge in [-0.3, -0.25) is 19.3 Å². The number of rotatable bonds is 6. The molecule has 9 nitrogen and oxygen atoms in total. The highest BCUT2D eigenvalue weighted by molar-refractivity contribution is 5.65. The van der Waals surface area contributed by atoms with Crippen molar-refractivity contribution in [2.45, 2.75) is 40.5 Å². The molecule has 2 N–H and O–H groups in total. The predicted octanol–water partition coefficient (Wildman–Crippen LogP) is 1.01. The lowest BCUT2D eigenvalue weighted by Gasteiger charge is -2.01. The van der Waals surface area contributed by atoms with Gasteiger partial charge < -0.3 is 14.9 Å². The van der Waals surface area contributed by atoms with Gasteiger partial charge in [0, 0.05) is 27.7 Å². The third kappa shape index (κ3) is 72.8. The van der Waals surface area contributed by atoms with Gasteiger partial charge in [0.2, 0.25) is 0 Å². The summed E-state index contributed by atoms with van der Waals surface area (Å²) in [6, 6.07) is 0. The van der Waals surface area contributed by atoms with Crippen molar-refractivity contribution in [2.24, 2.45) is 0 Å². The minimum Gasteiger partial charge on any atom is -0.481 e. The first-order valence-corrected chi connectivity index (χ1v) is 5.92. The topological polar surface area (TPSA) is 136 Å². The Morgan fingerprint density at radius 2 is 1.14 bits per heavy atom. The number of hydrogen-bond acceptors (Lipinski definition) is 7. The fraction of sp³-hybridized carbons (Fsp3) is 0.667. The molecule has 0 saturated heterocycles. The van der Waals surface area contributed by atoms with Gasteiger partial charge in [0.1, 0.15) is 0 Å². The van der Waals surface area contributed by atoms with E-state index in [1.54, 1.807) is 0 Å². The van der Waals surface area contributed by atoms with Crippen molar-refractivity contribution in [1.82, 2.24) is 0 Å². The molecule has 0 amide bonds. The van der Waals surface area contributed by atoms with Gasteiger partial charge in [0.25, 0.3) is 11.9 Å². The van der Waals surface area contributed by atoms with Gasteiger partial charge in [-0.2, -0.15) is 4.89 Å². The molecule has 0 aromatic rings. The van der Waals surface area contributed by atoms with E-state index in [1.807, 2.05) is 0 Å². The summed E-state index contributed by atoms with van der Waals surface area (Å²) in [6.07, 6.45) is 1.38. The molecule has 0 unspecified atom stereocenters. The van der Waals surface area contributed by atoms with Crippen LogP contribution in [0.4, 0.5) is 0 Å². The average molecular weight is 310 g/mol. The van der Waals surface area contributed by atoms with Gasteiger partial charge in [-0.15, -0.1) is 0 Å². The SMILES string of the molecule is CC(=O)O.CC(=O)O.CC(=O)OCCCCOOC(C)=O. The van der Waals surface area contributed by atoms with Gasteiger partial charge in [-0.1, -0.05) is 0 Å². The highest BCUT2D eigenvalue weighted by Gasteiger charge is 1.95. The Morgan fingerprint density at radius 1 is 0.762 bits per heavy atom. The summed E-state index contributed by atoms with van der Waals surface area (Å²) in [7, 11) is 0. The summed E-state index contributed by atoms with van der Waals surface area (Å²) >= 11 is 0. The molecule has 124 valence electrons. The number of aliphatic carboxylic acids is 2. The van der Waals surface area contributed by atoms with Crippen LogP contribution in [0.1, 0.15) is 40.5 Å². The van der Waals surface area contributed by atoms with Crippen LogP contribution in [-0.2, 0) is 33.7 Å². The summed E-state index contributed by atoms with van der Waals surface area (Å²) in [6.45, 7) is 5.48. The highest BCUT2D eigenvalue weighted by atomic mass is 17.2. The molecule has 0 aliphatic carbocycles. The maximum absolute atomic E-state index is 10.3. The third-order valence-corrected chi connectivity index (χ3v) is 1.10. The zero-order valence-corrected chi connectivity index (χ0v) is 12.6. The minimum absolute atomic E-state index is 0.291. The monoisotopic (exact) mass is 310 g/mol. The van der Waals surface area contributed by atoms with E-state index in [2.05, 4.69) is 14.5 Å². The second-order valence-corrected chi connectivity index (χ2v) is 3.48. The fourth-order valence-corrected chi connectivity index (χ4v) is 0.604. The summed E-state index contributed by atoms with van der Waals surface area (Å²) in [4.78, 5) is 47.2. The Morgan fingerprint density at radius 3 is 1.48 bits per heavy atom. The Hall–Kier alpha value is -2.16. The van der Waals surface area contributed by atoms with Crippen LogP contribution >= 0.6 is 0 Å². The normalized spacial score (nSPS) is 8.19. The summed E-state index contributed by atoms with van der Waals surface area (Å²) in [5, 5.41) is 14.8. The number of hydrogen-bond donors (Lipinski definition) is 2. The Balaban J connectivity index is -0.000000334. The van der Waals surface area contributed by atoms with Crippen molar-refractivity contribution in [3.05, 3.63) is 0 Å². The molecule has 0 atom stereocenters. The van der Waals surface area contributed by atoms with Gasteiger partial charge in [0.15, 0.2) is 0 Å². The van der Waals surface area contributed by atoms with Crippen molar-refractivity contribution < 1.29 is 43.9 Å². The lowest BCUT2D eigenvalue weighted by molar-refractivity contribution is -0.270. The third-order valence-electron chi connectivity index (χ3n) is 1.10. The van der Waals surface area contributed by atoms with Crippen molar-refractivity contribution in [1.29, 1.82) is 0 Å². The number of carbonyl (C=O) groups excluding carboxylic acids is 2.